The number of aromatic amines is 2. The van der Waals surface area contributed by atoms with Crippen molar-refractivity contribution in [1.82, 2.24) is 43.6 Å². The SMILES string of the molecule is NCc1ccccc1.Nc1ccccc1C1=Nc2ccccc2C1.O=c1[nH]c2ccccc2c2nc3ccccc3n12.S=c1nc2ccccc2c2[nH]c3ccccc3n12.c1ccc(CNC2Nc3ccccc3-c3nc4ccccc4n32)cc1. The van der Waals surface area contributed by atoms with E-state index in [0.29, 0.717) is 17.0 Å². The van der Waals surface area contributed by atoms with Crippen LogP contribution in [0.1, 0.15) is 28.5 Å². The van der Waals surface area contributed by atoms with Gasteiger partial charge in [-0.1, -0.05) is 170 Å². The first kappa shape index (κ1) is 53.5. The summed E-state index contributed by atoms with van der Waals surface area (Å²) in [5.74, 6) is 1.00. The van der Waals surface area contributed by atoms with Crippen molar-refractivity contribution in [2.45, 2.75) is 25.8 Å². The number of nitrogens with one attached hydrogen (secondary N) is 4. The number of nitrogen functional groups attached to an aromatic ring is 1. The van der Waals surface area contributed by atoms with Gasteiger partial charge in [0.1, 0.15) is 11.5 Å². The number of aliphatic imine (C=N–C) groups is 1. The molecule has 10 aromatic carbocycles. The fourth-order valence-corrected chi connectivity index (χ4v) is 11.2. The van der Waals surface area contributed by atoms with Gasteiger partial charge in [-0.25, -0.2) is 24.1 Å². The van der Waals surface area contributed by atoms with Crippen molar-refractivity contribution in [3.8, 4) is 11.4 Å². The second-order valence-corrected chi connectivity index (χ2v) is 20.7. The van der Waals surface area contributed by atoms with Crippen LogP contribution in [0.3, 0.4) is 0 Å². The van der Waals surface area contributed by atoms with E-state index in [9.17, 15) is 4.79 Å². The lowest BCUT2D eigenvalue weighted by Gasteiger charge is -2.30. The van der Waals surface area contributed by atoms with Crippen molar-refractivity contribution >= 4 is 101 Å². The molecule has 414 valence electrons. The van der Waals surface area contributed by atoms with Crippen LogP contribution in [0, 0.1) is 4.77 Å². The van der Waals surface area contributed by atoms with E-state index in [-0.39, 0.29) is 12.0 Å². The molecule has 7 heterocycles. The Kier molecular flexibility index (Phi) is 15.1. The molecule has 0 radical (unpaired) electrons. The molecule has 17 rings (SSSR count). The Bertz CT molecular complexity index is 4890. The number of hydrogen-bond acceptors (Lipinski definition) is 10. The monoisotopic (exact) mass is 1130 g/mol. The van der Waals surface area contributed by atoms with Crippen LogP contribution in [0.25, 0.3) is 77.6 Å². The second-order valence-electron chi connectivity index (χ2n) is 20.4. The summed E-state index contributed by atoms with van der Waals surface area (Å²) in [6.45, 7) is 1.42. The molecule has 0 bridgehead atoms. The molecule has 0 saturated heterocycles. The van der Waals surface area contributed by atoms with Gasteiger partial charge in [0.05, 0.1) is 55.5 Å². The topological polar surface area (TPSA) is 190 Å². The molecular formula is C70H57N13OS. The fraction of sp³-hybridized carbons (Fsp3) is 0.0571. The van der Waals surface area contributed by atoms with Gasteiger partial charge in [-0.15, -0.1) is 0 Å². The Morgan fingerprint density at radius 2 is 1.12 bits per heavy atom. The van der Waals surface area contributed by atoms with Gasteiger partial charge in [0.15, 0.2) is 11.9 Å². The first-order valence-electron chi connectivity index (χ1n) is 28.0. The summed E-state index contributed by atoms with van der Waals surface area (Å²) < 4.78 is 6.45. The van der Waals surface area contributed by atoms with Gasteiger partial charge in [-0.3, -0.25) is 19.3 Å². The second kappa shape index (κ2) is 23.9. The van der Waals surface area contributed by atoms with Crippen LogP contribution >= 0.6 is 12.2 Å². The van der Waals surface area contributed by atoms with Crippen molar-refractivity contribution in [3.63, 3.8) is 0 Å². The van der Waals surface area contributed by atoms with Crippen molar-refractivity contribution in [3.05, 3.63) is 292 Å². The van der Waals surface area contributed by atoms with Crippen molar-refractivity contribution in [2.24, 2.45) is 10.7 Å². The summed E-state index contributed by atoms with van der Waals surface area (Å²) >= 11 is 5.39. The van der Waals surface area contributed by atoms with Crippen LogP contribution in [-0.4, -0.2) is 44.0 Å². The van der Waals surface area contributed by atoms with E-state index in [4.69, 9.17) is 28.7 Å². The number of fused-ring (bicyclic) bond motifs is 16. The van der Waals surface area contributed by atoms with E-state index in [1.165, 1.54) is 16.7 Å². The molecule has 0 amide bonds. The van der Waals surface area contributed by atoms with Gasteiger partial charge < -0.3 is 26.8 Å². The van der Waals surface area contributed by atoms with Gasteiger partial charge in [0.2, 0.25) is 4.77 Å². The van der Waals surface area contributed by atoms with Gasteiger partial charge in [0, 0.05) is 52.8 Å². The molecular weight excluding hydrogens is 1070 g/mol. The molecule has 0 fully saturated rings. The molecule has 0 aliphatic carbocycles. The number of aromatic nitrogens is 8. The van der Waals surface area contributed by atoms with Gasteiger partial charge in [0.25, 0.3) is 0 Å². The highest BCUT2D eigenvalue weighted by Gasteiger charge is 2.26. The number of imidazole rings is 3. The molecule has 15 aromatic rings. The molecule has 2 aliphatic heterocycles. The highest BCUT2D eigenvalue weighted by Crippen LogP contribution is 2.38. The Morgan fingerprint density at radius 3 is 1.86 bits per heavy atom. The third-order valence-electron chi connectivity index (χ3n) is 15.0. The maximum atomic E-state index is 12.1. The number of benzene rings is 10. The molecule has 8 N–H and O–H groups in total. The van der Waals surface area contributed by atoms with E-state index in [1.807, 2.05) is 180 Å². The lowest BCUT2D eigenvalue weighted by Crippen LogP contribution is -2.35. The lowest BCUT2D eigenvalue weighted by atomic mass is 10.0. The minimum absolute atomic E-state index is 0.0440. The smallest absolute Gasteiger partial charge is 0.332 e. The Hall–Kier alpha value is -10.8. The first-order chi connectivity index (χ1) is 41.9. The van der Waals surface area contributed by atoms with Crippen LogP contribution in [0.4, 0.5) is 17.1 Å². The molecule has 2 aliphatic rings. The van der Waals surface area contributed by atoms with Crippen LogP contribution in [0.5, 0.6) is 0 Å². The molecule has 1 unspecified atom stereocenters. The quantitative estimate of drug-likeness (QED) is 0.0719. The van der Waals surface area contributed by atoms with Crippen molar-refractivity contribution < 1.29 is 0 Å². The van der Waals surface area contributed by atoms with E-state index >= 15 is 0 Å². The summed E-state index contributed by atoms with van der Waals surface area (Å²) in [6.07, 6.45) is 0.835. The van der Waals surface area contributed by atoms with Gasteiger partial charge in [-0.2, -0.15) is 0 Å². The first-order valence-corrected chi connectivity index (χ1v) is 28.4. The Labute approximate surface area is 493 Å². The van der Waals surface area contributed by atoms with E-state index < -0.39 is 0 Å². The van der Waals surface area contributed by atoms with Crippen molar-refractivity contribution in [1.29, 1.82) is 0 Å². The summed E-state index contributed by atoms with van der Waals surface area (Å²) in [5.41, 5.74) is 30.5. The molecule has 1 atom stereocenters. The molecule has 85 heavy (non-hydrogen) atoms. The lowest BCUT2D eigenvalue weighted by molar-refractivity contribution is 0.456. The zero-order valence-electron chi connectivity index (χ0n) is 46.0. The minimum atomic E-state index is -0.155. The number of nitrogens with two attached hydrogens (primary N) is 2. The number of hydrogen-bond donors (Lipinski definition) is 6. The summed E-state index contributed by atoms with van der Waals surface area (Å²) in [5, 5.41) is 9.28. The van der Waals surface area contributed by atoms with Crippen LogP contribution in [0.15, 0.2) is 265 Å². The zero-order valence-corrected chi connectivity index (χ0v) is 46.9. The predicted molar refractivity (Wildman–Crippen MR) is 349 cm³/mol. The maximum Gasteiger partial charge on any atom is 0.332 e. The normalized spacial score (nSPS) is 12.8. The largest absolute Gasteiger partial charge is 0.398 e. The van der Waals surface area contributed by atoms with Crippen LogP contribution in [-0.2, 0) is 19.5 Å². The van der Waals surface area contributed by atoms with E-state index in [2.05, 4.69) is 119 Å². The van der Waals surface area contributed by atoms with Crippen molar-refractivity contribution in [2.75, 3.05) is 11.1 Å². The number of H-pyrrole nitrogens is 2. The zero-order chi connectivity index (χ0) is 57.6. The van der Waals surface area contributed by atoms with Gasteiger partial charge in [-0.05, 0) is 114 Å². The average molecular weight is 1130 g/mol. The highest BCUT2D eigenvalue weighted by atomic mass is 32.1. The number of anilines is 2. The average Bonchev–Trinajstić information content (AvgIpc) is 2.43. The molecule has 0 spiro atoms. The summed E-state index contributed by atoms with van der Waals surface area (Å²) in [7, 11) is 0. The van der Waals surface area contributed by atoms with Crippen LogP contribution in [0.2, 0.25) is 0 Å². The third-order valence-corrected chi connectivity index (χ3v) is 15.2. The van der Waals surface area contributed by atoms with E-state index in [1.54, 1.807) is 4.40 Å². The number of rotatable bonds is 5. The summed E-state index contributed by atoms with van der Waals surface area (Å²) in [4.78, 5) is 37.0. The highest BCUT2D eigenvalue weighted by molar-refractivity contribution is 7.71. The third kappa shape index (κ3) is 10.9. The Balaban J connectivity index is 0.000000102. The number of nitrogens with zero attached hydrogens (tertiary/aromatic N) is 7. The van der Waals surface area contributed by atoms with Crippen LogP contribution < -0.4 is 27.8 Å². The molecule has 5 aromatic heterocycles. The molecule has 0 saturated carbocycles. The van der Waals surface area contributed by atoms with E-state index in [0.717, 1.165) is 113 Å². The van der Waals surface area contributed by atoms with Gasteiger partial charge >= 0.3 is 5.69 Å². The summed E-state index contributed by atoms with van der Waals surface area (Å²) in [6, 6.07) is 84.6. The minimum Gasteiger partial charge on any atom is -0.398 e. The Morgan fingerprint density at radius 1 is 0.529 bits per heavy atom. The number of para-hydroxylation sites is 11. The standard InChI is InChI=1S/C21H18N4.C14H9N3O.C14H9N3S.C14H12N2.C7H9N/c1-2-8-15(9-3-1)14-22-21-24-17-11-5-4-10-16(17)20-23-18-12-6-7-13-19(18)25(20)21;2*18-14-16-10-6-2-1-5-9(10)13-15-11-7-3-4-8-12(11)17(13)14;15-12-7-3-2-6-11(12)14-9-10-5-1-4-8-13(10)16-14;8-6-7-4-2-1-3-5-7/h1-13,21-22,24H,14H2;1-8H,(H,16,18);1-8,15H;1-8H,9,15H2;1-5H,6,8H2. The fourth-order valence-electron chi connectivity index (χ4n) is 10.9. The molecule has 15 heteroatoms. The predicted octanol–water partition coefficient (Wildman–Crippen LogP) is 14.5. The molecule has 14 nitrogen and oxygen atoms in total. The maximum absolute atomic E-state index is 12.1.